The van der Waals surface area contributed by atoms with E-state index in [1.54, 1.807) is 10.7 Å². The topological polar surface area (TPSA) is 78.9 Å². The predicted octanol–water partition coefficient (Wildman–Crippen LogP) is 1.63. The van der Waals surface area contributed by atoms with Gasteiger partial charge in [-0.1, -0.05) is 0 Å². The minimum absolute atomic E-state index is 0.451. The Hall–Kier alpha value is -3.04. The van der Waals surface area contributed by atoms with Gasteiger partial charge in [-0.3, -0.25) is 4.90 Å². The fourth-order valence-electron chi connectivity index (χ4n) is 4.52. The molecule has 6 rings (SSSR count). The van der Waals surface area contributed by atoms with Crippen molar-refractivity contribution in [2.24, 2.45) is 0 Å². The minimum atomic E-state index is 0.451. The molecule has 0 spiro atoms. The van der Waals surface area contributed by atoms with E-state index >= 15 is 0 Å². The molecule has 1 N–H and O–H groups in total. The summed E-state index contributed by atoms with van der Waals surface area (Å²) in [5.74, 6) is 0.685. The second kappa shape index (κ2) is 7.03. The van der Waals surface area contributed by atoms with Crippen molar-refractivity contribution in [1.82, 2.24) is 39.0 Å². The number of fused-ring (bicyclic) bond motifs is 2. The van der Waals surface area contributed by atoms with Crippen molar-refractivity contribution in [3.05, 3.63) is 43.0 Å². The zero-order valence-corrected chi connectivity index (χ0v) is 17.0. The maximum atomic E-state index is 4.67. The van der Waals surface area contributed by atoms with Crippen molar-refractivity contribution in [1.29, 1.82) is 0 Å². The number of hydrogen-bond acceptors (Lipinski definition) is 7. The van der Waals surface area contributed by atoms with Gasteiger partial charge in [0.2, 0.25) is 5.95 Å². The van der Waals surface area contributed by atoms with Gasteiger partial charge >= 0.3 is 0 Å². The van der Waals surface area contributed by atoms with Crippen molar-refractivity contribution in [3.8, 4) is 11.3 Å². The lowest BCUT2D eigenvalue weighted by atomic mass is 9.85. The summed E-state index contributed by atoms with van der Waals surface area (Å²) >= 11 is 0. The normalized spacial score (nSPS) is 23.1. The Bertz CT molecular complexity index is 1180. The van der Waals surface area contributed by atoms with Crippen LogP contribution in [0.15, 0.2) is 43.0 Å². The van der Waals surface area contributed by atoms with Crippen LogP contribution in [0.5, 0.6) is 0 Å². The fraction of sp³-hybridized carbons (Fsp3) is 0.429. The van der Waals surface area contributed by atoms with Gasteiger partial charge in [0.1, 0.15) is 0 Å². The number of hydrogen-bond donors (Lipinski definition) is 1. The molecule has 0 unspecified atom stereocenters. The molecule has 0 radical (unpaired) electrons. The lowest BCUT2D eigenvalue weighted by Crippen LogP contribution is -2.55. The molecule has 1 aliphatic heterocycles. The molecular weight excluding hydrogens is 378 g/mol. The van der Waals surface area contributed by atoms with E-state index in [-0.39, 0.29) is 0 Å². The summed E-state index contributed by atoms with van der Waals surface area (Å²) in [7, 11) is 2.20. The molecule has 4 aromatic heterocycles. The third kappa shape index (κ3) is 3.10. The smallest absolute Gasteiger partial charge is 0.241 e. The van der Waals surface area contributed by atoms with Crippen LogP contribution in [0.4, 0.5) is 5.95 Å². The quantitative estimate of drug-likeness (QED) is 0.555. The van der Waals surface area contributed by atoms with Crippen LogP contribution in [0, 0.1) is 0 Å². The molecule has 154 valence electrons. The van der Waals surface area contributed by atoms with Crippen LogP contribution in [0.1, 0.15) is 12.8 Å². The van der Waals surface area contributed by atoms with Crippen LogP contribution >= 0.6 is 0 Å². The molecule has 9 nitrogen and oxygen atoms in total. The Kier molecular flexibility index (Phi) is 4.17. The maximum Gasteiger partial charge on any atom is 0.241 e. The SMILES string of the molecule is CN1CCN([C@H]2C[C@H](Nc3ncc4c(-c5ccc6nccn6n5)ccn4n3)C2)CC1. The second-order valence-electron chi connectivity index (χ2n) is 8.40. The van der Waals surface area contributed by atoms with Crippen molar-refractivity contribution in [2.75, 3.05) is 38.5 Å². The maximum absolute atomic E-state index is 4.67. The first kappa shape index (κ1) is 17.8. The highest BCUT2D eigenvalue weighted by molar-refractivity contribution is 5.78. The molecule has 0 aromatic carbocycles. The van der Waals surface area contributed by atoms with E-state index in [1.807, 2.05) is 41.3 Å². The van der Waals surface area contributed by atoms with Gasteiger partial charge in [0.25, 0.3) is 0 Å². The minimum Gasteiger partial charge on any atom is -0.350 e. The summed E-state index contributed by atoms with van der Waals surface area (Å²) in [6.07, 6.45) is 9.77. The number of rotatable bonds is 4. The van der Waals surface area contributed by atoms with Gasteiger partial charge < -0.3 is 10.2 Å². The molecule has 0 atom stereocenters. The van der Waals surface area contributed by atoms with E-state index in [1.165, 1.54) is 26.2 Å². The third-order valence-electron chi connectivity index (χ3n) is 6.45. The van der Waals surface area contributed by atoms with Gasteiger partial charge in [-0.15, -0.1) is 5.10 Å². The number of likely N-dealkylation sites (N-methyl/N-ethyl adjacent to an activating group) is 1. The third-order valence-corrected chi connectivity index (χ3v) is 6.45. The number of anilines is 1. The molecule has 9 heteroatoms. The number of aromatic nitrogens is 6. The summed E-state index contributed by atoms with van der Waals surface area (Å²) in [6.45, 7) is 4.71. The van der Waals surface area contributed by atoms with Gasteiger partial charge in [-0.25, -0.2) is 19.0 Å². The number of piperazine rings is 1. The molecule has 2 aliphatic rings. The van der Waals surface area contributed by atoms with E-state index in [2.05, 4.69) is 42.3 Å². The first-order valence-electron chi connectivity index (χ1n) is 10.6. The van der Waals surface area contributed by atoms with Crippen LogP contribution < -0.4 is 5.32 Å². The number of nitrogens with zero attached hydrogens (tertiary/aromatic N) is 8. The molecule has 1 saturated heterocycles. The van der Waals surface area contributed by atoms with Crippen LogP contribution in [0.2, 0.25) is 0 Å². The first-order chi connectivity index (χ1) is 14.7. The summed E-state index contributed by atoms with van der Waals surface area (Å²) < 4.78 is 3.66. The van der Waals surface area contributed by atoms with E-state index in [4.69, 9.17) is 0 Å². The highest BCUT2D eigenvalue weighted by Crippen LogP contribution is 2.29. The Balaban J connectivity index is 1.15. The van der Waals surface area contributed by atoms with Gasteiger partial charge in [0.15, 0.2) is 5.65 Å². The van der Waals surface area contributed by atoms with Gasteiger partial charge in [-0.2, -0.15) is 5.10 Å². The van der Waals surface area contributed by atoms with E-state index < -0.39 is 0 Å². The average molecular weight is 403 g/mol. The van der Waals surface area contributed by atoms with Gasteiger partial charge in [0, 0.05) is 62.4 Å². The zero-order chi connectivity index (χ0) is 20.1. The monoisotopic (exact) mass is 403 g/mol. The summed E-state index contributed by atoms with van der Waals surface area (Å²) in [4.78, 5) is 13.9. The van der Waals surface area contributed by atoms with Crippen molar-refractivity contribution < 1.29 is 0 Å². The molecule has 0 amide bonds. The molecule has 1 aliphatic carbocycles. The average Bonchev–Trinajstić information content (AvgIpc) is 3.37. The standard InChI is InChI=1S/C21H25N9/c1-27-8-10-28(11-9-27)16-12-15(13-16)24-21-23-14-19-17(4-6-29(19)26-21)18-2-3-20-22-5-7-30(20)25-18/h2-7,14-16H,8-13H2,1H3,(H,24,26)/t15-,16-. The molecule has 1 saturated carbocycles. The van der Waals surface area contributed by atoms with Gasteiger partial charge in [-0.05, 0) is 38.1 Å². The Morgan fingerprint density at radius 2 is 1.80 bits per heavy atom. The molecule has 30 heavy (non-hydrogen) atoms. The van der Waals surface area contributed by atoms with E-state index in [9.17, 15) is 0 Å². The van der Waals surface area contributed by atoms with E-state index in [0.717, 1.165) is 35.3 Å². The lowest BCUT2D eigenvalue weighted by Gasteiger charge is -2.46. The zero-order valence-electron chi connectivity index (χ0n) is 17.0. The summed E-state index contributed by atoms with van der Waals surface area (Å²) in [6, 6.07) is 7.13. The van der Waals surface area contributed by atoms with Gasteiger partial charge in [0.05, 0.1) is 17.4 Å². The number of nitrogens with one attached hydrogen (secondary N) is 1. The largest absolute Gasteiger partial charge is 0.350 e. The second-order valence-corrected chi connectivity index (χ2v) is 8.40. The predicted molar refractivity (Wildman–Crippen MR) is 114 cm³/mol. The number of imidazole rings is 1. The Morgan fingerprint density at radius 1 is 0.933 bits per heavy atom. The Morgan fingerprint density at radius 3 is 2.67 bits per heavy atom. The van der Waals surface area contributed by atoms with Crippen molar-refractivity contribution in [3.63, 3.8) is 0 Å². The Labute approximate surface area is 174 Å². The van der Waals surface area contributed by atoms with Crippen LogP contribution in [-0.2, 0) is 0 Å². The molecule has 4 aromatic rings. The fourth-order valence-corrected chi connectivity index (χ4v) is 4.52. The highest BCUT2D eigenvalue weighted by atomic mass is 15.3. The molecular formula is C21H25N9. The van der Waals surface area contributed by atoms with Crippen molar-refractivity contribution in [2.45, 2.75) is 24.9 Å². The van der Waals surface area contributed by atoms with Crippen LogP contribution in [-0.4, -0.2) is 84.3 Å². The summed E-state index contributed by atoms with van der Waals surface area (Å²) in [5, 5.41) is 12.8. The van der Waals surface area contributed by atoms with Crippen molar-refractivity contribution >= 4 is 17.1 Å². The molecule has 0 bridgehead atoms. The summed E-state index contributed by atoms with van der Waals surface area (Å²) in [5.41, 5.74) is 3.66. The molecule has 5 heterocycles. The first-order valence-corrected chi connectivity index (χ1v) is 10.6. The lowest BCUT2D eigenvalue weighted by molar-refractivity contribution is 0.0656. The van der Waals surface area contributed by atoms with Crippen LogP contribution in [0.25, 0.3) is 22.4 Å². The van der Waals surface area contributed by atoms with Crippen LogP contribution in [0.3, 0.4) is 0 Å². The highest BCUT2D eigenvalue weighted by Gasteiger charge is 2.35. The van der Waals surface area contributed by atoms with E-state index in [0.29, 0.717) is 18.0 Å². The molecule has 2 fully saturated rings.